The lowest BCUT2D eigenvalue weighted by atomic mass is 10.1. The van der Waals surface area contributed by atoms with Gasteiger partial charge in [0.2, 0.25) is 0 Å². The van der Waals surface area contributed by atoms with Crippen LogP contribution in [-0.2, 0) is 16.0 Å². The molecule has 3 rings (SSSR count). The summed E-state index contributed by atoms with van der Waals surface area (Å²) >= 11 is 1.32. The molecule has 0 aliphatic heterocycles. The van der Waals surface area contributed by atoms with Crippen LogP contribution in [0.15, 0.2) is 35.4 Å². The predicted octanol–water partition coefficient (Wildman–Crippen LogP) is 3.47. The van der Waals surface area contributed by atoms with Crippen LogP contribution in [0.2, 0.25) is 0 Å². The lowest BCUT2D eigenvalue weighted by Crippen LogP contribution is -2.37. The number of amides is 1. The average Bonchev–Trinajstić information content (AvgIpc) is 3.63. The molecule has 1 amide bonds. The van der Waals surface area contributed by atoms with Crippen molar-refractivity contribution >= 4 is 23.6 Å². The summed E-state index contributed by atoms with van der Waals surface area (Å²) in [6, 6.07) is 11.3. The van der Waals surface area contributed by atoms with E-state index in [-0.39, 0.29) is 17.0 Å². The molecule has 0 bridgehead atoms. The third-order valence-electron chi connectivity index (χ3n) is 5.05. The highest BCUT2D eigenvalue weighted by Gasteiger charge is 2.30. The number of rotatable bonds is 9. The van der Waals surface area contributed by atoms with E-state index in [0.29, 0.717) is 23.9 Å². The van der Waals surface area contributed by atoms with E-state index in [1.165, 1.54) is 18.7 Å². The topological polar surface area (TPSA) is 101 Å². The van der Waals surface area contributed by atoms with E-state index in [9.17, 15) is 14.9 Å². The van der Waals surface area contributed by atoms with Crippen LogP contribution in [-0.4, -0.2) is 42.9 Å². The molecule has 1 aromatic carbocycles. The van der Waals surface area contributed by atoms with Crippen LogP contribution in [0.1, 0.15) is 52.9 Å². The highest BCUT2D eigenvalue weighted by molar-refractivity contribution is 7.98. The van der Waals surface area contributed by atoms with Crippen LogP contribution >= 0.6 is 11.8 Å². The molecule has 1 saturated carbocycles. The summed E-state index contributed by atoms with van der Waals surface area (Å²) in [5.74, 6) is 0.0235. The van der Waals surface area contributed by atoms with Gasteiger partial charge in [0, 0.05) is 18.2 Å². The SMILES string of the molecule is COc1ccc(CCNC(=O)C(C)OC(=O)c2cc(C3CC3)nc(SC)c2C#N)cc1. The fraction of sp³-hybridized carbons (Fsp3) is 0.391. The first kappa shape index (κ1) is 22.6. The molecule has 1 N–H and O–H groups in total. The van der Waals surface area contributed by atoms with Gasteiger partial charge in [-0.3, -0.25) is 4.79 Å². The molecule has 31 heavy (non-hydrogen) atoms. The summed E-state index contributed by atoms with van der Waals surface area (Å²) in [6.45, 7) is 1.93. The standard InChI is InChI=1S/C23H25N3O4S/c1-14(21(27)25-11-10-15-4-8-17(29-2)9-5-15)30-23(28)18-12-20(16-6-7-16)26-22(31-3)19(18)13-24/h4-5,8-9,12,14,16H,6-7,10-11H2,1-3H3,(H,25,27). The van der Waals surface area contributed by atoms with Crippen molar-refractivity contribution in [2.75, 3.05) is 19.9 Å². The molecule has 0 saturated heterocycles. The van der Waals surface area contributed by atoms with Crippen LogP contribution in [0.5, 0.6) is 5.75 Å². The molecule has 162 valence electrons. The zero-order valence-electron chi connectivity index (χ0n) is 17.8. The maximum Gasteiger partial charge on any atom is 0.340 e. The van der Waals surface area contributed by atoms with Crippen molar-refractivity contribution < 1.29 is 19.1 Å². The van der Waals surface area contributed by atoms with E-state index in [2.05, 4.69) is 16.4 Å². The molecule has 1 fully saturated rings. The highest BCUT2D eigenvalue weighted by Crippen LogP contribution is 2.40. The van der Waals surface area contributed by atoms with Gasteiger partial charge in [-0.15, -0.1) is 11.8 Å². The van der Waals surface area contributed by atoms with Crippen molar-refractivity contribution in [3.05, 3.63) is 52.7 Å². The number of ether oxygens (including phenoxy) is 2. The van der Waals surface area contributed by atoms with Crippen LogP contribution < -0.4 is 10.1 Å². The second-order valence-electron chi connectivity index (χ2n) is 7.30. The molecular formula is C23H25N3O4S. The van der Waals surface area contributed by atoms with E-state index < -0.39 is 12.1 Å². The Morgan fingerprint density at radius 1 is 1.32 bits per heavy atom. The lowest BCUT2D eigenvalue weighted by Gasteiger charge is -2.15. The van der Waals surface area contributed by atoms with Gasteiger partial charge in [-0.05, 0) is 56.2 Å². The van der Waals surface area contributed by atoms with Gasteiger partial charge in [0.1, 0.15) is 16.8 Å². The van der Waals surface area contributed by atoms with Gasteiger partial charge in [-0.1, -0.05) is 12.1 Å². The van der Waals surface area contributed by atoms with Gasteiger partial charge >= 0.3 is 5.97 Å². The summed E-state index contributed by atoms with van der Waals surface area (Å²) in [4.78, 5) is 29.6. The molecule has 7 nitrogen and oxygen atoms in total. The number of carbonyl (C=O) groups excluding carboxylic acids is 2. The number of benzene rings is 1. The average molecular weight is 440 g/mol. The number of hydrogen-bond acceptors (Lipinski definition) is 7. The Labute approximate surface area is 186 Å². The van der Waals surface area contributed by atoms with Gasteiger partial charge < -0.3 is 14.8 Å². The molecule has 1 heterocycles. The molecule has 8 heteroatoms. The molecule has 1 aliphatic rings. The summed E-state index contributed by atoms with van der Waals surface area (Å²) in [5, 5.41) is 12.8. The Morgan fingerprint density at radius 2 is 2.03 bits per heavy atom. The number of hydrogen-bond donors (Lipinski definition) is 1. The molecule has 1 unspecified atom stereocenters. The zero-order valence-corrected chi connectivity index (χ0v) is 18.6. The highest BCUT2D eigenvalue weighted by atomic mass is 32.2. The predicted molar refractivity (Wildman–Crippen MR) is 117 cm³/mol. The Hall–Kier alpha value is -3.05. The maximum atomic E-state index is 12.8. The van der Waals surface area contributed by atoms with E-state index >= 15 is 0 Å². The number of carbonyl (C=O) groups is 2. The van der Waals surface area contributed by atoms with Crippen molar-refractivity contribution in [1.82, 2.24) is 10.3 Å². The van der Waals surface area contributed by atoms with E-state index in [0.717, 1.165) is 29.8 Å². The fourth-order valence-electron chi connectivity index (χ4n) is 3.09. The molecule has 0 radical (unpaired) electrons. The quantitative estimate of drug-likeness (QED) is 0.471. The number of nitrogens with zero attached hydrogens (tertiary/aromatic N) is 2. The first-order valence-electron chi connectivity index (χ1n) is 10.1. The third-order valence-corrected chi connectivity index (χ3v) is 5.73. The van der Waals surface area contributed by atoms with Crippen LogP contribution in [0.25, 0.3) is 0 Å². The van der Waals surface area contributed by atoms with Crippen molar-refractivity contribution in [1.29, 1.82) is 5.26 Å². The molecular weight excluding hydrogens is 414 g/mol. The van der Waals surface area contributed by atoms with E-state index in [4.69, 9.17) is 9.47 Å². The smallest absolute Gasteiger partial charge is 0.340 e. The van der Waals surface area contributed by atoms with E-state index in [1.807, 2.05) is 30.5 Å². The number of esters is 1. The lowest BCUT2D eigenvalue weighted by molar-refractivity contribution is -0.129. The van der Waals surface area contributed by atoms with Crippen molar-refractivity contribution in [3.8, 4) is 11.8 Å². The number of aromatic nitrogens is 1. The van der Waals surface area contributed by atoms with Gasteiger partial charge in [-0.2, -0.15) is 5.26 Å². The molecule has 2 aromatic rings. The Morgan fingerprint density at radius 3 is 2.61 bits per heavy atom. The maximum absolute atomic E-state index is 12.8. The van der Waals surface area contributed by atoms with Crippen molar-refractivity contribution in [2.24, 2.45) is 0 Å². The van der Waals surface area contributed by atoms with E-state index in [1.54, 1.807) is 13.2 Å². The minimum absolute atomic E-state index is 0.168. The minimum atomic E-state index is -0.981. The minimum Gasteiger partial charge on any atom is -0.497 e. The van der Waals surface area contributed by atoms with Gasteiger partial charge in [0.15, 0.2) is 6.10 Å². The Kier molecular flexibility index (Phi) is 7.53. The number of pyridine rings is 1. The number of methoxy groups -OCH3 is 1. The van der Waals surface area contributed by atoms with Crippen molar-refractivity contribution in [2.45, 2.75) is 43.2 Å². The summed E-state index contributed by atoms with van der Waals surface area (Å²) in [7, 11) is 1.61. The molecule has 1 aliphatic carbocycles. The first-order chi connectivity index (χ1) is 15.0. The second kappa shape index (κ2) is 10.3. The normalized spacial score (nSPS) is 13.7. The monoisotopic (exact) mass is 439 g/mol. The third kappa shape index (κ3) is 5.76. The fourth-order valence-corrected chi connectivity index (χ4v) is 3.65. The summed E-state index contributed by atoms with van der Waals surface area (Å²) < 4.78 is 10.5. The number of thioether (sulfide) groups is 1. The Balaban J connectivity index is 1.59. The van der Waals surface area contributed by atoms with Gasteiger partial charge in [-0.25, -0.2) is 9.78 Å². The Bertz CT molecular complexity index is 997. The van der Waals surface area contributed by atoms with Crippen molar-refractivity contribution in [3.63, 3.8) is 0 Å². The van der Waals surface area contributed by atoms with Crippen LogP contribution in [0.3, 0.4) is 0 Å². The van der Waals surface area contributed by atoms with Gasteiger partial charge in [0.25, 0.3) is 5.91 Å². The largest absolute Gasteiger partial charge is 0.497 e. The molecule has 1 aromatic heterocycles. The second-order valence-corrected chi connectivity index (χ2v) is 8.10. The first-order valence-corrected chi connectivity index (χ1v) is 11.3. The molecule has 1 atom stereocenters. The summed E-state index contributed by atoms with van der Waals surface area (Å²) in [5.41, 5.74) is 2.21. The molecule has 0 spiro atoms. The van der Waals surface area contributed by atoms with Crippen LogP contribution in [0, 0.1) is 11.3 Å². The zero-order chi connectivity index (χ0) is 22.4. The number of nitriles is 1. The summed E-state index contributed by atoms with van der Waals surface area (Å²) in [6.07, 6.45) is 3.52. The van der Waals surface area contributed by atoms with Crippen LogP contribution in [0.4, 0.5) is 0 Å². The number of nitrogens with one attached hydrogen (secondary N) is 1. The van der Waals surface area contributed by atoms with Gasteiger partial charge in [0.05, 0.1) is 18.2 Å².